The molecule has 0 atom stereocenters. The highest BCUT2D eigenvalue weighted by Crippen LogP contribution is 2.03. The Bertz CT molecular complexity index is 466. The third-order valence-electron chi connectivity index (χ3n) is 3.14. The van der Waals surface area contributed by atoms with Gasteiger partial charge < -0.3 is 16.0 Å². The first-order valence-corrected chi connectivity index (χ1v) is 6.87. The van der Waals surface area contributed by atoms with Gasteiger partial charge in [0, 0.05) is 12.5 Å². The standard InChI is InChI=1S/C12H20N6O2/c1-2-11(19)15-10-7-18(17-16-10)8-12(20)14-9-3-5-13-6-4-9/h7,9,13H,2-6,8H2,1H3,(H,14,20)(H,15,19). The first kappa shape index (κ1) is 14.4. The molecule has 8 heteroatoms. The summed E-state index contributed by atoms with van der Waals surface area (Å²) in [6, 6.07) is 0.228. The van der Waals surface area contributed by atoms with Gasteiger partial charge in [-0.1, -0.05) is 12.1 Å². The van der Waals surface area contributed by atoms with Crippen LogP contribution in [0.25, 0.3) is 0 Å². The normalized spacial score (nSPS) is 15.8. The van der Waals surface area contributed by atoms with E-state index in [0.717, 1.165) is 25.9 Å². The van der Waals surface area contributed by atoms with E-state index in [1.54, 1.807) is 13.1 Å². The van der Waals surface area contributed by atoms with Gasteiger partial charge in [-0.05, 0) is 25.9 Å². The van der Waals surface area contributed by atoms with E-state index >= 15 is 0 Å². The lowest BCUT2D eigenvalue weighted by atomic mass is 10.1. The predicted molar refractivity (Wildman–Crippen MR) is 73.0 cm³/mol. The number of nitrogens with zero attached hydrogens (tertiary/aromatic N) is 3. The molecule has 0 radical (unpaired) electrons. The number of hydrogen-bond acceptors (Lipinski definition) is 5. The van der Waals surface area contributed by atoms with Crippen LogP contribution in [-0.2, 0) is 16.1 Å². The fourth-order valence-electron chi connectivity index (χ4n) is 2.05. The SMILES string of the molecule is CCC(=O)Nc1cn(CC(=O)NC2CCNCC2)nn1. The molecule has 8 nitrogen and oxygen atoms in total. The number of aromatic nitrogens is 3. The van der Waals surface area contributed by atoms with Crippen LogP contribution in [0.15, 0.2) is 6.20 Å². The van der Waals surface area contributed by atoms with Crippen LogP contribution in [-0.4, -0.2) is 45.9 Å². The van der Waals surface area contributed by atoms with Crippen molar-refractivity contribution in [3.63, 3.8) is 0 Å². The van der Waals surface area contributed by atoms with E-state index in [9.17, 15) is 9.59 Å². The van der Waals surface area contributed by atoms with Gasteiger partial charge in [0.25, 0.3) is 0 Å². The number of anilines is 1. The predicted octanol–water partition coefficient (Wildman–Crippen LogP) is -0.505. The monoisotopic (exact) mass is 280 g/mol. The number of nitrogens with one attached hydrogen (secondary N) is 3. The number of carbonyl (C=O) groups excluding carboxylic acids is 2. The highest BCUT2D eigenvalue weighted by Gasteiger charge is 2.16. The summed E-state index contributed by atoms with van der Waals surface area (Å²) in [7, 11) is 0. The van der Waals surface area contributed by atoms with Crippen LogP contribution in [0.4, 0.5) is 5.82 Å². The van der Waals surface area contributed by atoms with Crippen LogP contribution < -0.4 is 16.0 Å². The second-order valence-electron chi connectivity index (χ2n) is 4.79. The lowest BCUT2D eigenvalue weighted by Crippen LogP contribution is -2.43. The molecule has 20 heavy (non-hydrogen) atoms. The van der Waals surface area contributed by atoms with Crippen LogP contribution in [0.1, 0.15) is 26.2 Å². The summed E-state index contributed by atoms with van der Waals surface area (Å²) in [6.07, 6.45) is 3.82. The highest BCUT2D eigenvalue weighted by atomic mass is 16.2. The lowest BCUT2D eigenvalue weighted by Gasteiger charge is -2.23. The second kappa shape index (κ2) is 6.99. The zero-order valence-corrected chi connectivity index (χ0v) is 11.6. The Morgan fingerprint density at radius 3 is 2.85 bits per heavy atom. The van der Waals surface area contributed by atoms with Crippen LogP contribution in [0.5, 0.6) is 0 Å². The number of piperidine rings is 1. The van der Waals surface area contributed by atoms with E-state index in [0.29, 0.717) is 12.2 Å². The van der Waals surface area contributed by atoms with Gasteiger partial charge in [-0.2, -0.15) is 0 Å². The number of amides is 2. The molecule has 0 aliphatic carbocycles. The molecule has 1 aliphatic heterocycles. The Morgan fingerprint density at radius 2 is 2.15 bits per heavy atom. The zero-order valence-electron chi connectivity index (χ0n) is 11.6. The van der Waals surface area contributed by atoms with Crippen molar-refractivity contribution in [1.29, 1.82) is 0 Å². The Kier molecular flexibility index (Phi) is 5.05. The molecule has 0 saturated carbocycles. The van der Waals surface area contributed by atoms with Gasteiger partial charge in [-0.25, -0.2) is 4.68 Å². The number of hydrogen-bond donors (Lipinski definition) is 3. The first-order chi connectivity index (χ1) is 9.67. The quantitative estimate of drug-likeness (QED) is 0.674. The summed E-state index contributed by atoms with van der Waals surface area (Å²) in [4.78, 5) is 23.1. The van der Waals surface area contributed by atoms with Crippen molar-refractivity contribution in [3.8, 4) is 0 Å². The van der Waals surface area contributed by atoms with Crippen LogP contribution in [0.2, 0.25) is 0 Å². The van der Waals surface area contributed by atoms with Crippen molar-refractivity contribution >= 4 is 17.6 Å². The molecule has 1 fully saturated rings. The Morgan fingerprint density at radius 1 is 1.40 bits per heavy atom. The Labute approximate surface area is 117 Å². The summed E-state index contributed by atoms with van der Waals surface area (Å²) in [6.45, 7) is 3.73. The Hall–Kier alpha value is -1.96. The number of rotatable bonds is 5. The molecule has 0 spiro atoms. The minimum Gasteiger partial charge on any atom is -0.352 e. The van der Waals surface area contributed by atoms with Crippen molar-refractivity contribution in [2.45, 2.75) is 38.8 Å². The third kappa shape index (κ3) is 4.30. The summed E-state index contributed by atoms with van der Waals surface area (Å²) < 4.78 is 1.42. The third-order valence-corrected chi connectivity index (χ3v) is 3.14. The first-order valence-electron chi connectivity index (χ1n) is 6.87. The molecule has 2 heterocycles. The van der Waals surface area contributed by atoms with E-state index in [1.807, 2.05) is 0 Å². The average Bonchev–Trinajstić information content (AvgIpc) is 2.86. The molecule has 0 aromatic carbocycles. The minimum absolute atomic E-state index is 0.0878. The fraction of sp³-hybridized carbons (Fsp3) is 0.667. The van der Waals surface area contributed by atoms with Gasteiger partial charge in [-0.15, -0.1) is 5.10 Å². The van der Waals surface area contributed by atoms with E-state index in [4.69, 9.17) is 0 Å². The fourth-order valence-corrected chi connectivity index (χ4v) is 2.05. The van der Waals surface area contributed by atoms with Crippen LogP contribution >= 0.6 is 0 Å². The maximum absolute atomic E-state index is 11.9. The molecule has 3 N–H and O–H groups in total. The van der Waals surface area contributed by atoms with Gasteiger partial charge in [-0.3, -0.25) is 9.59 Å². The van der Waals surface area contributed by atoms with E-state index in [2.05, 4.69) is 26.3 Å². The largest absolute Gasteiger partial charge is 0.352 e. The summed E-state index contributed by atoms with van der Waals surface area (Å²) in [5.74, 6) is 0.151. The van der Waals surface area contributed by atoms with Gasteiger partial charge in [0.15, 0.2) is 5.82 Å². The van der Waals surface area contributed by atoms with Gasteiger partial charge in [0.05, 0.1) is 6.20 Å². The molecule has 1 saturated heterocycles. The molecule has 1 aromatic heterocycles. The maximum Gasteiger partial charge on any atom is 0.242 e. The zero-order chi connectivity index (χ0) is 14.4. The van der Waals surface area contributed by atoms with Gasteiger partial charge in [0.2, 0.25) is 11.8 Å². The lowest BCUT2D eigenvalue weighted by molar-refractivity contribution is -0.122. The topological polar surface area (TPSA) is 101 Å². The summed E-state index contributed by atoms with van der Waals surface area (Å²) in [5, 5.41) is 16.4. The number of carbonyl (C=O) groups is 2. The average molecular weight is 280 g/mol. The molecular weight excluding hydrogens is 260 g/mol. The molecule has 110 valence electrons. The summed E-state index contributed by atoms with van der Waals surface area (Å²) >= 11 is 0. The minimum atomic E-state index is -0.129. The van der Waals surface area contributed by atoms with E-state index < -0.39 is 0 Å². The van der Waals surface area contributed by atoms with Crippen LogP contribution in [0.3, 0.4) is 0 Å². The molecule has 0 bridgehead atoms. The molecular formula is C12H20N6O2. The molecule has 2 rings (SSSR count). The van der Waals surface area contributed by atoms with E-state index in [-0.39, 0.29) is 24.4 Å². The van der Waals surface area contributed by atoms with Crippen molar-refractivity contribution in [2.24, 2.45) is 0 Å². The van der Waals surface area contributed by atoms with Crippen molar-refractivity contribution < 1.29 is 9.59 Å². The highest BCUT2D eigenvalue weighted by molar-refractivity contribution is 5.89. The smallest absolute Gasteiger partial charge is 0.242 e. The van der Waals surface area contributed by atoms with Crippen molar-refractivity contribution in [3.05, 3.63) is 6.20 Å². The van der Waals surface area contributed by atoms with Crippen molar-refractivity contribution in [1.82, 2.24) is 25.6 Å². The van der Waals surface area contributed by atoms with Gasteiger partial charge >= 0.3 is 0 Å². The molecule has 1 aromatic rings. The van der Waals surface area contributed by atoms with Gasteiger partial charge in [0.1, 0.15) is 6.54 Å². The molecule has 1 aliphatic rings. The van der Waals surface area contributed by atoms with E-state index in [1.165, 1.54) is 4.68 Å². The Balaban J connectivity index is 1.80. The second-order valence-corrected chi connectivity index (χ2v) is 4.79. The van der Waals surface area contributed by atoms with Crippen molar-refractivity contribution in [2.75, 3.05) is 18.4 Å². The molecule has 2 amide bonds. The molecule has 0 unspecified atom stereocenters. The summed E-state index contributed by atoms with van der Waals surface area (Å²) in [5.41, 5.74) is 0. The van der Waals surface area contributed by atoms with Crippen LogP contribution in [0, 0.1) is 0 Å². The maximum atomic E-state index is 11.9.